The smallest absolute Gasteiger partial charge is 0.262 e. The van der Waals surface area contributed by atoms with Gasteiger partial charge in [0.15, 0.2) is 5.17 Å². The van der Waals surface area contributed by atoms with Crippen molar-refractivity contribution in [2.45, 2.75) is 49.9 Å². The molecule has 0 bridgehead atoms. The lowest BCUT2D eigenvalue weighted by molar-refractivity contribution is -0.121. The van der Waals surface area contributed by atoms with Crippen molar-refractivity contribution in [3.05, 3.63) is 59.9 Å². The van der Waals surface area contributed by atoms with Crippen LogP contribution in [0.1, 0.15) is 48.2 Å². The van der Waals surface area contributed by atoms with Crippen LogP contribution in [0.4, 0.5) is 5.69 Å². The third-order valence-electron chi connectivity index (χ3n) is 6.20. The third-order valence-corrected chi connectivity index (χ3v) is 7.41. The van der Waals surface area contributed by atoms with Crippen LogP contribution in [-0.2, 0) is 16.1 Å². The highest BCUT2D eigenvalue weighted by molar-refractivity contribution is 8.15. The fraction of sp³-hybridized carbons (Fsp3) is 0.400. The highest BCUT2D eigenvalue weighted by Crippen LogP contribution is 2.31. The normalized spacial score (nSPS) is 19.8. The van der Waals surface area contributed by atoms with Gasteiger partial charge in [0.2, 0.25) is 5.91 Å². The molecule has 2 aromatic rings. The van der Waals surface area contributed by atoms with E-state index in [9.17, 15) is 14.4 Å². The molecule has 1 unspecified atom stereocenters. The Kier molecular flexibility index (Phi) is 6.62. The second-order valence-electron chi connectivity index (χ2n) is 8.85. The summed E-state index contributed by atoms with van der Waals surface area (Å²) >= 11 is 1.38. The number of thioether (sulfide) groups is 1. The maximum atomic E-state index is 13.1. The lowest BCUT2D eigenvalue weighted by Crippen LogP contribution is -2.32. The first-order valence-corrected chi connectivity index (χ1v) is 12.6. The number of nitrogens with zero attached hydrogens (tertiary/aromatic N) is 4. The van der Waals surface area contributed by atoms with E-state index in [-0.39, 0.29) is 30.2 Å². The first-order valence-electron chi connectivity index (χ1n) is 11.7. The minimum atomic E-state index is -0.477. The molecule has 1 aromatic carbocycles. The summed E-state index contributed by atoms with van der Waals surface area (Å²) in [5.41, 5.74) is 2.04. The molecule has 9 heteroatoms. The molecule has 2 aliphatic heterocycles. The van der Waals surface area contributed by atoms with E-state index >= 15 is 0 Å². The van der Waals surface area contributed by atoms with Gasteiger partial charge in [-0.05, 0) is 62.1 Å². The highest BCUT2D eigenvalue weighted by atomic mass is 32.2. The van der Waals surface area contributed by atoms with Crippen LogP contribution in [0, 0.1) is 0 Å². The van der Waals surface area contributed by atoms with Gasteiger partial charge in [-0.2, -0.15) is 4.99 Å². The van der Waals surface area contributed by atoms with Crippen molar-refractivity contribution in [2.75, 3.05) is 18.4 Å². The number of rotatable bonds is 7. The van der Waals surface area contributed by atoms with Crippen molar-refractivity contribution in [2.24, 2.45) is 4.99 Å². The number of carbonyl (C=O) groups is 3. The standard InChI is InChI=1S/C25H27N5O3S/c31-22(15-21-23(32)28-25(34-21)29-13-3-4-14-29)27-18-8-6-17(7-9-18)24(33)30(20-10-11-20)16-19-5-1-2-12-26-19/h1-2,5-9,12,20-21H,3-4,10-11,13-16H2,(H,27,31). The number of hydrogen-bond donors (Lipinski definition) is 1. The SMILES string of the molecule is O=C(CC1SC(N2CCCC2)=NC1=O)Nc1ccc(C(=O)N(Cc2ccccn2)C2CC2)cc1. The number of benzene rings is 1. The number of aromatic nitrogens is 1. The summed E-state index contributed by atoms with van der Waals surface area (Å²) in [5, 5.41) is 3.11. The second-order valence-corrected chi connectivity index (χ2v) is 10.0. The van der Waals surface area contributed by atoms with Crippen molar-refractivity contribution < 1.29 is 14.4 Å². The van der Waals surface area contributed by atoms with Gasteiger partial charge in [-0.15, -0.1) is 0 Å². The maximum absolute atomic E-state index is 13.1. The van der Waals surface area contributed by atoms with Crippen LogP contribution in [-0.4, -0.2) is 62.1 Å². The summed E-state index contributed by atoms with van der Waals surface area (Å²) < 4.78 is 0. The van der Waals surface area contributed by atoms with Gasteiger partial charge in [-0.3, -0.25) is 19.4 Å². The van der Waals surface area contributed by atoms with E-state index in [1.807, 2.05) is 23.1 Å². The van der Waals surface area contributed by atoms with Crippen molar-refractivity contribution >= 4 is 40.3 Å². The van der Waals surface area contributed by atoms with Crippen LogP contribution in [0.2, 0.25) is 0 Å². The van der Waals surface area contributed by atoms with E-state index in [1.165, 1.54) is 11.8 Å². The molecule has 5 rings (SSSR count). The molecule has 3 aliphatic rings. The number of likely N-dealkylation sites (tertiary alicyclic amines) is 1. The monoisotopic (exact) mass is 477 g/mol. The molecule has 1 aromatic heterocycles. The van der Waals surface area contributed by atoms with Crippen molar-refractivity contribution in [1.82, 2.24) is 14.8 Å². The fourth-order valence-corrected chi connectivity index (χ4v) is 5.33. The Hall–Kier alpha value is -3.20. The Morgan fingerprint density at radius 1 is 1.09 bits per heavy atom. The van der Waals surface area contributed by atoms with Crippen LogP contribution in [0.25, 0.3) is 0 Å². The van der Waals surface area contributed by atoms with Gasteiger partial charge in [-0.25, -0.2) is 0 Å². The van der Waals surface area contributed by atoms with Crippen molar-refractivity contribution in [1.29, 1.82) is 0 Å². The zero-order valence-electron chi connectivity index (χ0n) is 18.9. The molecule has 8 nitrogen and oxygen atoms in total. The number of amides is 3. The van der Waals surface area contributed by atoms with Crippen LogP contribution in [0.3, 0.4) is 0 Å². The maximum Gasteiger partial charge on any atom is 0.262 e. The second kappa shape index (κ2) is 9.97. The molecule has 1 aliphatic carbocycles. The number of amidine groups is 1. The Morgan fingerprint density at radius 3 is 2.53 bits per heavy atom. The minimum Gasteiger partial charge on any atom is -0.351 e. The summed E-state index contributed by atoms with van der Waals surface area (Å²) in [7, 11) is 0. The molecular weight excluding hydrogens is 450 g/mol. The largest absolute Gasteiger partial charge is 0.351 e. The quantitative estimate of drug-likeness (QED) is 0.658. The number of nitrogens with one attached hydrogen (secondary N) is 1. The Labute approximate surface area is 202 Å². The lowest BCUT2D eigenvalue weighted by atomic mass is 10.1. The first kappa shape index (κ1) is 22.6. The number of anilines is 1. The molecular formula is C25H27N5O3S. The van der Waals surface area contributed by atoms with E-state index in [0.717, 1.165) is 49.6 Å². The van der Waals surface area contributed by atoms with Crippen molar-refractivity contribution in [3.63, 3.8) is 0 Å². The minimum absolute atomic E-state index is 0.0365. The first-order chi connectivity index (χ1) is 16.6. The summed E-state index contributed by atoms with van der Waals surface area (Å²) in [6.07, 6.45) is 6.05. The summed E-state index contributed by atoms with van der Waals surface area (Å²) in [6.45, 7) is 2.32. The van der Waals surface area contributed by atoms with Gasteiger partial charge >= 0.3 is 0 Å². The number of pyridine rings is 1. The fourth-order valence-electron chi connectivity index (χ4n) is 4.21. The van der Waals surface area contributed by atoms with Gasteiger partial charge < -0.3 is 15.1 Å². The Morgan fingerprint density at radius 2 is 1.85 bits per heavy atom. The molecule has 34 heavy (non-hydrogen) atoms. The molecule has 1 saturated carbocycles. The summed E-state index contributed by atoms with van der Waals surface area (Å²) in [5.74, 6) is -0.515. The molecule has 3 heterocycles. The van der Waals surface area contributed by atoms with E-state index in [0.29, 0.717) is 17.8 Å². The Bertz CT molecular complexity index is 1100. The number of hydrogen-bond acceptors (Lipinski definition) is 6. The van der Waals surface area contributed by atoms with E-state index < -0.39 is 5.25 Å². The third kappa shape index (κ3) is 5.30. The summed E-state index contributed by atoms with van der Waals surface area (Å²) in [4.78, 5) is 50.4. The van der Waals surface area contributed by atoms with Gasteiger partial charge in [0.25, 0.3) is 11.8 Å². The van der Waals surface area contributed by atoms with Gasteiger partial charge in [0.05, 0.1) is 12.2 Å². The highest BCUT2D eigenvalue weighted by Gasteiger charge is 2.34. The van der Waals surface area contributed by atoms with E-state index in [1.54, 1.807) is 30.5 Å². The van der Waals surface area contributed by atoms with Crippen LogP contribution in [0.5, 0.6) is 0 Å². The van der Waals surface area contributed by atoms with Gasteiger partial charge in [0.1, 0.15) is 5.25 Å². The average Bonchev–Trinajstić information content (AvgIpc) is 3.41. The molecule has 1 saturated heterocycles. The molecule has 3 amide bonds. The number of aliphatic imine (C=N–C) groups is 1. The van der Waals surface area contributed by atoms with Crippen LogP contribution in [0.15, 0.2) is 53.7 Å². The molecule has 2 fully saturated rings. The molecule has 176 valence electrons. The predicted molar refractivity (Wildman–Crippen MR) is 131 cm³/mol. The van der Waals surface area contributed by atoms with Gasteiger partial charge in [-0.1, -0.05) is 17.8 Å². The topological polar surface area (TPSA) is 95.0 Å². The van der Waals surface area contributed by atoms with E-state index in [4.69, 9.17) is 0 Å². The molecule has 1 atom stereocenters. The predicted octanol–water partition coefficient (Wildman–Crippen LogP) is 3.31. The van der Waals surface area contributed by atoms with Crippen LogP contribution >= 0.6 is 11.8 Å². The van der Waals surface area contributed by atoms with Crippen LogP contribution < -0.4 is 5.32 Å². The summed E-state index contributed by atoms with van der Waals surface area (Å²) in [6, 6.07) is 12.9. The molecule has 1 N–H and O–H groups in total. The zero-order chi connectivity index (χ0) is 23.5. The average molecular weight is 478 g/mol. The lowest BCUT2D eigenvalue weighted by Gasteiger charge is -2.22. The van der Waals surface area contributed by atoms with Gasteiger partial charge in [0, 0.05) is 43.0 Å². The molecule has 0 spiro atoms. The van der Waals surface area contributed by atoms with Crippen molar-refractivity contribution in [3.8, 4) is 0 Å². The zero-order valence-corrected chi connectivity index (χ0v) is 19.7. The Balaban J connectivity index is 1.16. The number of carbonyl (C=O) groups excluding carboxylic acids is 3. The van der Waals surface area contributed by atoms with E-state index in [2.05, 4.69) is 20.2 Å². The molecule has 0 radical (unpaired) electrons.